The average molecular weight is 324 g/mol. The number of nitrogens with zero attached hydrogens (tertiary/aromatic N) is 2. The molecule has 3 rings (SSSR count). The predicted molar refractivity (Wildman–Crippen MR) is 79.9 cm³/mol. The Labute approximate surface area is 133 Å². The highest BCUT2D eigenvalue weighted by atomic mass is 19.1. The molecule has 1 aliphatic carbocycles. The molecule has 1 unspecified atom stereocenters. The highest BCUT2D eigenvalue weighted by Crippen LogP contribution is 2.40. The lowest BCUT2D eigenvalue weighted by molar-refractivity contribution is -0.127. The molecule has 1 aliphatic heterocycles. The van der Waals surface area contributed by atoms with Crippen LogP contribution in [0.15, 0.2) is 6.20 Å². The summed E-state index contributed by atoms with van der Waals surface area (Å²) in [5, 5.41) is 5.43. The number of aryl methyl sites for hydroxylation is 1. The molecule has 0 saturated heterocycles. The number of halogens is 1. The lowest BCUT2D eigenvalue weighted by Crippen LogP contribution is -2.37. The minimum Gasteiger partial charge on any atom is -0.383 e. The maximum atomic E-state index is 13.7. The van der Waals surface area contributed by atoms with Crippen molar-refractivity contribution in [1.82, 2.24) is 20.2 Å². The molecule has 1 saturated carbocycles. The van der Waals surface area contributed by atoms with Gasteiger partial charge in [0.25, 0.3) is 11.8 Å². The van der Waals surface area contributed by atoms with Crippen LogP contribution in [0.3, 0.4) is 0 Å². The summed E-state index contributed by atoms with van der Waals surface area (Å²) in [6.45, 7) is 1.17. The Balaban J connectivity index is 1.63. The molecule has 2 amide bonds. The third-order valence-corrected chi connectivity index (χ3v) is 4.36. The number of fused-ring (bicyclic) bond motifs is 1. The third kappa shape index (κ3) is 3.21. The van der Waals surface area contributed by atoms with Crippen molar-refractivity contribution in [2.24, 2.45) is 0 Å². The fourth-order valence-electron chi connectivity index (χ4n) is 2.84. The highest BCUT2D eigenvalue weighted by molar-refractivity contribution is 5.92. The Kier molecular flexibility index (Phi) is 4.34. The highest BCUT2D eigenvalue weighted by Gasteiger charge is 2.50. The average Bonchev–Trinajstić information content (AvgIpc) is 2.99. The van der Waals surface area contributed by atoms with Crippen molar-refractivity contribution in [3.8, 4) is 0 Å². The fourth-order valence-corrected chi connectivity index (χ4v) is 2.84. The van der Waals surface area contributed by atoms with Gasteiger partial charge in [0.05, 0.1) is 18.8 Å². The molecule has 8 heteroatoms. The van der Waals surface area contributed by atoms with E-state index in [1.165, 1.54) is 0 Å². The van der Waals surface area contributed by atoms with Crippen LogP contribution in [0.2, 0.25) is 0 Å². The van der Waals surface area contributed by atoms with Crippen molar-refractivity contribution < 1.29 is 18.7 Å². The van der Waals surface area contributed by atoms with Crippen molar-refractivity contribution in [3.63, 3.8) is 0 Å². The van der Waals surface area contributed by atoms with Gasteiger partial charge in [-0.15, -0.1) is 0 Å². The Morgan fingerprint density at radius 3 is 2.96 bits per heavy atom. The smallest absolute Gasteiger partial charge is 0.269 e. The summed E-state index contributed by atoms with van der Waals surface area (Å²) in [4.78, 5) is 28.2. The van der Waals surface area contributed by atoms with Crippen LogP contribution in [-0.2, 0) is 16.0 Å². The van der Waals surface area contributed by atoms with Gasteiger partial charge in [-0.2, -0.15) is 0 Å². The second-order valence-electron chi connectivity index (χ2n) is 6.05. The Morgan fingerprint density at radius 1 is 1.48 bits per heavy atom. The van der Waals surface area contributed by atoms with Gasteiger partial charge in [-0.05, 0) is 19.3 Å². The second-order valence-corrected chi connectivity index (χ2v) is 6.05. The van der Waals surface area contributed by atoms with Gasteiger partial charge in [0, 0.05) is 26.6 Å². The first-order chi connectivity index (χ1) is 11.0. The summed E-state index contributed by atoms with van der Waals surface area (Å²) in [6, 6.07) is -0.0676. The molecule has 1 fully saturated rings. The number of ether oxygens (including phenoxy) is 1. The summed E-state index contributed by atoms with van der Waals surface area (Å²) in [7, 11) is 1.57. The van der Waals surface area contributed by atoms with Crippen LogP contribution in [0, 0.1) is 0 Å². The molecule has 1 atom stereocenters. The maximum absolute atomic E-state index is 13.7. The maximum Gasteiger partial charge on any atom is 0.269 e. The van der Waals surface area contributed by atoms with Crippen LogP contribution in [0.4, 0.5) is 4.39 Å². The monoisotopic (exact) mass is 324 g/mol. The zero-order valence-electron chi connectivity index (χ0n) is 13.1. The van der Waals surface area contributed by atoms with Gasteiger partial charge >= 0.3 is 0 Å². The predicted octanol–water partition coefficient (Wildman–Crippen LogP) is 0.365. The Bertz CT molecular complexity index is 612. The molecule has 126 valence electrons. The summed E-state index contributed by atoms with van der Waals surface area (Å²) >= 11 is 0. The van der Waals surface area contributed by atoms with Gasteiger partial charge in [0.1, 0.15) is 11.5 Å². The number of amides is 2. The van der Waals surface area contributed by atoms with E-state index < -0.39 is 11.6 Å². The van der Waals surface area contributed by atoms with Crippen LogP contribution < -0.4 is 10.6 Å². The molecule has 2 N–H and O–H groups in total. The van der Waals surface area contributed by atoms with E-state index in [0.717, 1.165) is 18.7 Å². The molecule has 0 spiro atoms. The number of methoxy groups -OCH3 is 1. The number of rotatable bonds is 7. The summed E-state index contributed by atoms with van der Waals surface area (Å²) in [5.74, 6) is 0.0582. The zero-order chi connectivity index (χ0) is 16.4. The molecule has 1 aromatic heterocycles. The molecule has 2 aliphatic rings. The second kappa shape index (κ2) is 6.27. The van der Waals surface area contributed by atoms with Crippen molar-refractivity contribution in [2.45, 2.75) is 37.4 Å². The lowest BCUT2D eigenvalue weighted by atomic mass is 10.2. The molecule has 0 bridgehead atoms. The van der Waals surface area contributed by atoms with Crippen molar-refractivity contribution in [2.75, 3.05) is 26.8 Å². The van der Waals surface area contributed by atoms with Crippen molar-refractivity contribution >= 4 is 11.8 Å². The van der Waals surface area contributed by atoms with Gasteiger partial charge in [0.2, 0.25) is 0 Å². The number of hydrogen-bond donors (Lipinski definition) is 2. The normalized spacial score (nSPS) is 20.9. The number of carbonyl (C=O) groups excluding carboxylic acids is 2. The molecule has 0 radical (unpaired) electrons. The number of aromatic nitrogens is 2. The summed E-state index contributed by atoms with van der Waals surface area (Å²) in [5.41, 5.74) is -1.20. The minimum absolute atomic E-state index is 0.0676. The molecule has 1 aromatic rings. The fraction of sp³-hybridized carbons (Fsp3) is 0.667. The van der Waals surface area contributed by atoms with E-state index in [-0.39, 0.29) is 11.9 Å². The Hall–Kier alpha value is -1.96. The van der Waals surface area contributed by atoms with Gasteiger partial charge in [-0.25, -0.2) is 9.37 Å². The molecule has 7 nitrogen and oxygen atoms in total. The van der Waals surface area contributed by atoms with Crippen LogP contribution >= 0.6 is 0 Å². The van der Waals surface area contributed by atoms with E-state index in [9.17, 15) is 14.0 Å². The van der Waals surface area contributed by atoms with E-state index in [2.05, 4.69) is 15.6 Å². The van der Waals surface area contributed by atoms with Gasteiger partial charge in [-0.1, -0.05) is 0 Å². The number of hydrogen-bond acceptors (Lipinski definition) is 4. The SMILES string of the molecule is COCCNC(=O)c1cnc2n1C(CNC(=O)C1(F)CC1)CC2. The van der Waals surface area contributed by atoms with Crippen LogP contribution in [-0.4, -0.2) is 53.8 Å². The number of carbonyl (C=O) groups is 2. The van der Waals surface area contributed by atoms with Gasteiger partial charge < -0.3 is 19.9 Å². The molecule has 23 heavy (non-hydrogen) atoms. The molecular formula is C15H21FN4O3. The van der Waals surface area contributed by atoms with E-state index >= 15 is 0 Å². The first-order valence-electron chi connectivity index (χ1n) is 7.85. The third-order valence-electron chi connectivity index (χ3n) is 4.36. The Morgan fingerprint density at radius 2 is 2.26 bits per heavy atom. The summed E-state index contributed by atoms with van der Waals surface area (Å²) < 4.78 is 20.4. The van der Waals surface area contributed by atoms with Crippen LogP contribution in [0.25, 0.3) is 0 Å². The molecule has 0 aromatic carbocycles. The topological polar surface area (TPSA) is 85.2 Å². The molecule has 2 heterocycles. The quantitative estimate of drug-likeness (QED) is 0.710. The standard InChI is InChI=1S/C15H21FN4O3/c1-23-7-6-17-13(21)11-9-18-12-3-2-10(20(11)12)8-19-14(22)15(16)4-5-15/h9-10H,2-8H2,1H3,(H,17,21)(H,19,22). The van der Waals surface area contributed by atoms with Crippen molar-refractivity contribution in [3.05, 3.63) is 17.7 Å². The first-order valence-corrected chi connectivity index (χ1v) is 7.85. The number of nitrogens with one attached hydrogen (secondary N) is 2. The minimum atomic E-state index is -1.67. The van der Waals surface area contributed by atoms with Crippen LogP contribution in [0.5, 0.6) is 0 Å². The number of imidazole rings is 1. The van der Waals surface area contributed by atoms with E-state index in [1.54, 1.807) is 13.3 Å². The van der Waals surface area contributed by atoms with Gasteiger partial charge in [-0.3, -0.25) is 9.59 Å². The zero-order valence-corrected chi connectivity index (χ0v) is 13.1. The number of alkyl halides is 1. The van der Waals surface area contributed by atoms with E-state index in [1.807, 2.05) is 4.57 Å². The molecular weight excluding hydrogens is 303 g/mol. The lowest BCUT2D eigenvalue weighted by Gasteiger charge is -2.17. The van der Waals surface area contributed by atoms with Crippen LogP contribution in [0.1, 0.15) is 41.6 Å². The summed E-state index contributed by atoms with van der Waals surface area (Å²) in [6.07, 6.45) is 3.66. The van der Waals surface area contributed by atoms with E-state index in [0.29, 0.717) is 38.2 Å². The first kappa shape index (κ1) is 15.9. The van der Waals surface area contributed by atoms with E-state index in [4.69, 9.17) is 4.74 Å². The van der Waals surface area contributed by atoms with Crippen molar-refractivity contribution in [1.29, 1.82) is 0 Å². The largest absolute Gasteiger partial charge is 0.383 e. The van der Waals surface area contributed by atoms with Gasteiger partial charge in [0.15, 0.2) is 5.67 Å².